The first-order valence-corrected chi connectivity index (χ1v) is 7.16. The van der Waals surface area contributed by atoms with E-state index in [1.165, 1.54) is 0 Å². The number of primary amides is 1. The van der Waals surface area contributed by atoms with Crippen LogP contribution in [0.15, 0.2) is 22.9 Å². The van der Waals surface area contributed by atoms with Gasteiger partial charge in [-0.1, -0.05) is 0 Å². The number of carbonyl (C=O) groups is 1. The van der Waals surface area contributed by atoms with Crippen molar-refractivity contribution >= 4 is 33.2 Å². The molecule has 1 amide bonds. The van der Waals surface area contributed by atoms with Crippen LogP contribution in [0, 0.1) is 11.3 Å². The van der Waals surface area contributed by atoms with Crippen LogP contribution in [0.3, 0.4) is 0 Å². The molecule has 0 aliphatic carbocycles. The van der Waals surface area contributed by atoms with Gasteiger partial charge in [0.15, 0.2) is 0 Å². The van der Waals surface area contributed by atoms with Gasteiger partial charge in [-0.05, 0) is 22.0 Å². The maximum Gasteiger partial charge on any atom is 0.404 e. The summed E-state index contributed by atoms with van der Waals surface area (Å²) in [6.07, 6.45) is 3.06. The molecule has 108 valence electrons. The minimum Gasteiger partial charge on any atom is -0.444 e. The van der Waals surface area contributed by atoms with Crippen molar-refractivity contribution in [3.05, 3.63) is 28.5 Å². The molecule has 3 rings (SSSR count). The van der Waals surface area contributed by atoms with Gasteiger partial charge in [-0.15, -0.1) is 0 Å². The number of nitrogens with two attached hydrogens (primary N) is 1. The summed E-state index contributed by atoms with van der Waals surface area (Å²) in [7, 11) is 0. The first kappa shape index (κ1) is 13.7. The molecule has 0 saturated carbocycles. The zero-order valence-electron chi connectivity index (χ0n) is 11.0. The molecule has 2 N–H and O–H groups in total. The smallest absolute Gasteiger partial charge is 0.404 e. The lowest BCUT2D eigenvalue weighted by Gasteiger charge is -2.20. The maximum atomic E-state index is 10.8. The molecule has 1 fully saturated rings. The fourth-order valence-electron chi connectivity index (χ4n) is 2.60. The number of pyridine rings is 1. The molecule has 2 aromatic rings. The van der Waals surface area contributed by atoms with Crippen LogP contribution in [0.1, 0.15) is 12.0 Å². The van der Waals surface area contributed by atoms with Crippen molar-refractivity contribution < 1.29 is 9.53 Å². The third-order valence-corrected chi connectivity index (χ3v) is 3.88. The summed E-state index contributed by atoms with van der Waals surface area (Å²) < 4.78 is 7.57. The van der Waals surface area contributed by atoms with Gasteiger partial charge in [0.1, 0.15) is 17.7 Å². The number of halogens is 1. The van der Waals surface area contributed by atoms with E-state index in [1.54, 1.807) is 16.9 Å². The normalized spacial score (nSPS) is 17.9. The second kappa shape index (κ2) is 5.26. The van der Waals surface area contributed by atoms with E-state index < -0.39 is 6.09 Å². The Labute approximate surface area is 129 Å². The van der Waals surface area contributed by atoms with Gasteiger partial charge in [-0.3, -0.25) is 0 Å². The lowest BCUT2D eigenvalue weighted by molar-refractivity contribution is 0.117. The highest BCUT2D eigenvalue weighted by Crippen LogP contribution is 2.31. The second-order valence-electron chi connectivity index (χ2n) is 4.80. The molecule has 3 heterocycles. The summed E-state index contributed by atoms with van der Waals surface area (Å²) in [5, 5.41) is 13.4. The summed E-state index contributed by atoms with van der Waals surface area (Å²) in [4.78, 5) is 12.9. The molecule has 1 saturated heterocycles. The first-order valence-electron chi connectivity index (χ1n) is 6.36. The lowest BCUT2D eigenvalue weighted by Crippen LogP contribution is -2.27. The van der Waals surface area contributed by atoms with Crippen molar-refractivity contribution in [2.75, 3.05) is 18.0 Å². The third-order valence-electron chi connectivity index (χ3n) is 3.45. The average Bonchev–Trinajstić information content (AvgIpc) is 3.03. The standard InChI is InChI=1S/C13H12BrN5O2/c14-9-3-11(12-8(4-15)5-17-19(12)6-9)18-2-1-10(7-18)21-13(16)20/h3,5-6,10H,1-2,7H2,(H2,16,20)/t10-/m1/s1. The molecule has 1 aliphatic rings. The zero-order chi connectivity index (χ0) is 15.0. The quantitative estimate of drug-likeness (QED) is 0.888. The molecule has 8 heteroatoms. The number of fused-ring (bicyclic) bond motifs is 1. The number of nitriles is 1. The minimum atomic E-state index is -0.761. The molecule has 0 unspecified atom stereocenters. The summed E-state index contributed by atoms with van der Waals surface area (Å²) in [5.74, 6) is 0. The SMILES string of the molecule is N#Cc1cnn2cc(Br)cc(N3CC[C@@H](OC(N)=O)C3)c12. The van der Waals surface area contributed by atoms with E-state index in [0.29, 0.717) is 18.5 Å². The number of hydrogen-bond acceptors (Lipinski definition) is 5. The highest BCUT2D eigenvalue weighted by Gasteiger charge is 2.27. The monoisotopic (exact) mass is 349 g/mol. The predicted octanol–water partition coefficient (Wildman–Crippen LogP) is 1.64. The molecule has 7 nitrogen and oxygen atoms in total. The summed E-state index contributed by atoms with van der Waals surface area (Å²) in [6, 6.07) is 4.08. The average molecular weight is 350 g/mol. The van der Waals surface area contributed by atoms with Gasteiger partial charge in [0.05, 0.1) is 24.0 Å². The van der Waals surface area contributed by atoms with Crippen LogP contribution in [0.5, 0.6) is 0 Å². The van der Waals surface area contributed by atoms with Gasteiger partial charge >= 0.3 is 6.09 Å². The number of amides is 1. The predicted molar refractivity (Wildman–Crippen MR) is 78.9 cm³/mol. The lowest BCUT2D eigenvalue weighted by atomic mass is 10.2. The van der Waals surface area contributed by atoms with Crippen molar-refractivity contribution in [3.8, 4) is 6.07 Å². The van der Waals surface area contributed by atoms with Crippen LogP contribution in [0.25, 0.3) is 5.52 Å². The van der Waals surface area contributed by atoms with Gasteiger partial charge in [-0.2, -0.15) is 10.4 Å². The van der Waals surface area contributed by atoms with Crippen LogP contribution < -0.4 is 10.6 Å². The molecule has 0 aromatic carbocycles. The Balaban J connectivity index is 1.99. The van der Waals surface area contributed by atoms with Crippen molar-refractivity contribution in [2.45, 2.75) is 12.5 Å². The van der Waals surface area contributed by atoms with E-state index in [2.05, 4.69) is 32.0 Å². The topological polar surface area (TPSA) is 96.7 Å². The van der Waals surface area contributed by atoms with Crippen molar-refractivity contribution in [3.63, 3.8) is 0 Å². The number of nitrogens with zero attached hydrogens (tertiary/aromatic N) is 4. The van der Waals surface area contributed by atoms with E-state index in [9.17, 15) is 10.1 Å². The molecule has 1 aliphatic heterocycles. The first-order chi connectivity index (χ1) is 10.1. The number of aromatic nitrogens is 2. The van der Waals surface area contributed by atoms with Gasteiger partial charge in [-0.25, -0.2) is 9.31 Å². The number of anilines is 1. The summed E-state index contributed by atoms with van der Waals surface area (Å²) in [6.45, 7) is 1.27. The minimum absolute atomic E-state index is 0.227. The van der Waals surface area contributed by atoms with E-state index in [-0.39, 0.29) is 6.10 Å². The van der Waals surface area contributed by atoms with Gasteiger partial charge in [0.25, 0.3) is 0 Å². The van der Waals surface area contributed by atoms with Gasteiger partial charge in [0.2, 0.25) is 0 Å². The Morgan fingerprint density at radius 1 is 1.62 bits per heavy atom. The summed E-state index contributed by atoms with van der Waals surface area (Å²) >= 11 is 3.44. The molecule has 21 heavy (non-hydrogen) atoms. The van der Waals surface area contributed by atoms with Crippen molar-refractivity contribution in [1.82, 2.24) is 9.61 Å². The van der Waals surface area contributed by atoms with Crippen molar-refractivity contribution in [2.24, 2.45) is 5.73 Å². The fourth-order valence-corrected chi connectivity index (χ4v) is 3.01. The largest absolute Gasteiger partial charge is 0.444 e. The molecule has 1 atom stereocenters. The van der Waals surface area contributed by atoms with Gasteiger partial charge < -0.3 is 15.4 Å². The van der Waals surface area contributed by atoms with Gasteiger partial charge in [0, 0.05) is 23.6 Å². The Bertz CT molecular complexity index is 751. The fraction of sp³-hybridized carbons (Fsp3) is 0.308. The van der Waals surface area contributed by atoms with E-state index in [4.69, 9.17) is 10.5 Å². The molecule has 0 radical (unpaired) electrons. The van der Waals surface area contributed by atoms with Crippen LogP contribution in [-0.2, 0) is 4.74 Å². The Hall–Kier alpha value is -2.27. The molecule has 0 spiro atoms. The zero-order valence-corrected chi connectivity index (χ0v) is 12.6. The second-order valence-corrected chi connectivity index (χ2v) is 5.72. The highest BCUT2D eigenvalue weighted by atomic mass is 79.9. The number of carbonyl (C=O) groups excluding carboxylic acids is 1. The van der Waals surface area contributed by atoms with Crippen LogP contribution >= 0.6 is 15.9 Å². The number of ether oxygens (including phenoxy) is 1. The Morgan fingerprint density at radius 2 is 2.43 bits per heavy atom. The maximum absolute atomic E-state index is 10.8. The third kappa shape index (κ3) is 2.52. The van der Waals surface area contributed by atoms with Crippen LogP contribution in [-0.4, -0.2) is 34.9 Å². The van der Waals surface area contributed by atoms with Crippen LogP contribution in [0.4, 0.5) is 10.5 Å². The molecule has 0 bridgehead atoms. The Morgan fingerprint density at radius 3 is 3.14 bits per heavy atom. The number of hydrogen-bond donors (Lipinski definition) is 1. The molecular formula is C13H12BrN5O2. The molecule has 2 aromatic heterocycles. The van der Waals surface area contributed by atoms with E-state index in [0.717, 1.165) is 22.2 Å². The highest BCUT2D eigenvalue weighted by molar-refractivity contribution is 9.10. The van der Waals surface area contributed by atoms with Crippen molar-refractivity contribution in [1.29, 1.82) is 5.26 Å². The van der Waals surface area contributed by atoms with E-state index >= 15 is 0 Å². The Kier molecular flexibility index (Phi) is 3.43. The number of rotatable bonds is 2. The molecular weight excluding hydrogens is 338 g/mol. The summed E-state index contributed by atoms with van der Waals surface area (Å²) in [5.41, 5.74) is 7.20. The van der Waals surface area contributed by atoms with E-state index in [1.807, 2.05) is 6.07 Å². The van der Waals surface area contributed by atoms with Crippen LogP contribution in [0.2, 0.25) is 0 Å².